The van der Waals surface area contributed by atoms with Crippen LogP contribution in [0, 0.1) is 5.82 Å². The van der Waals surface area contributed by atoms with Crippen LogP contribution in [0.4, 0.5) is 10.1 Å². The largest absolute Gasteiger partial charge is 0.352 e. The maximum absolute atomic E-state index is 13.1. The summed E-state index contributed by atoms with van der Waals surface area (Å²) in [6, 6.07) is 20.2. The minimum absolute atomic E-state index is 0.0737. The molecule has 176 valence electrons. The van der Waals surface area contributed by atoms with Crippen molar-refractivity contribution in [1.82, 2.24) is 10.2 Å². The van der Waals surface area contributed by atoms with Crippen molar-refractivity contribution in [3.63, 3.8) is 0 Å². The number of nitrogens with zero attached hydrogens (tertiary/aromatic N) is 3. The molecule has 3 aromatic carbocycles. The van der Waals surface area contributed by atoms with Crippen molar-refractivity contribution >= 4 is 51.9 Å². The molecular weight excluding hydrogens is 487 g/mol. The predicted molar refractivity (Wildman–Crippen MR) is 136 cm³/mol. The molecule has 0 saturated heterocycles. The zero-order valence-electron chi connectivity index (χ0n) is 18.4. The fourth-order valence-corrected chi connectivity index (χ4v) is 5.01. The number of amides is 2. The molecule has 2 aliphatic heterocycles. The average molecular weight is 507 g/mol. The summed E-state index contributed by atoms with van der Waals surface area (Å²) < 4.78 is 13.1. The van der Waals surface area contributed by atoms with Gasteiger partial charge in [0, 0.05) is 22.9 Å². The molecule has 0 bridgehead atoms. The van der Waals surface area contributed by atoms with Gasteiger partial charge in [-0.1, -0.05) is 59.8 Å². The summed E-state index contributed by atoms with van der Waals surface area (Å²) in [7, 11) is 0. The van der Waals surface area contributed by atoms with E-state index in [2.05, 4.69) is 10.3 Å². The van der Waals surface area contributed by atoms with Crippen molar-refractivity contribution in [2.24, 2.45) is 9.98 Å². The maximum Gasteiger partial charge on any atom is 0.271 e. The number of fused-ring (bicyclic) bond motifs is 3. The van der Waals surface area contributed by atoms with Crippen LogP contribution in [0.15, 0.2) is 82.8 Å². The van der Waals surface area contributed by atoms with E-state index in [1.165, 1.54) is 23.9 Å². The van der Waals surface area contributed by atoms with E-state index < -0.39 is 6.04 Å². The van der Waals surface area contributed by atoms with E-state index in [0.717, 1.165) is 22.4 Å². The Bertz CT molecular complexity index is 1340. The molecule has 6 nitrogen and oxygen atoms in total. The lowest BCUT2D eigenvalue weighted by Gasteiger charge is -2.30. The van der Waals surface area contributed by atoms with Gasteiger partial charge in [0.15, 0.2) is 5.17 Å². The van der Waals surface area contributed by atoms with Crippen LogP contribution in [0.1, 0.15) is 23.1 Å². The van der Waals surface area contributed by atoms with Gasteiger partial charge in [-0.05, 0) is 47.5 Å². The third-order valence-corrected chi connectivity index (χ3v) is 6.95. The van der Waals surface area contributed by atoms with Gasteiger partial charge in [0.05, 0.1) is 12.1 Å². The molecule has 0 radical (unpaired) electrons. The predicted octanol–water partition coefficient (Wildman–Crippen LogP) is 5.08. The number of aliphatic imine (C=N–C) groups is 2. The van der Waals surface area contributed by atoms with Gasteiger partial charge in [-0.3, -0.25) is 14.5 Å². The first kappa shape index (κ1) is 23.3. The van der Waals surface area contributed by atoms with Gasteiger partial charge in [0.2, 0.25) is 5.91 Å². The van der Waals surface area contributed by atoms with Gasteiger partial charge in [-0.15, -0.1) is 0 Å². The highest BCUT2D eigenvalue weighted by Gasteiger charge is 2.42. The van der Waals surface area contributed by atoms with Crippen LogP contribution in [0.5, 0.6) is 0 Å². The van der Waals surface area contributed by atoms with E-state index >= 15 is 0 Å². The molecule has 0 aromatic heterocycles. The van der Waals surface area contributed by atoms with Gasteiger partial charge >= 0.3 is 0 Å². The number of halogens is 2. The molecule has 3 aromatic rings. The number of para-hydroxylation sites is 1. The summed E-state index contributed by atoms with van der Waals surface area (Å²) >= 11 is 7.47. The molecular formula is C26H20ClFN4O2S. The topological polar surface area (TPSA) is 74.1 Å². The highest BCUT2D eigenvalue weighted by atomic mass is 35.5. The van der Waals surface area contributed by atoms with Gasteiger partial charge in [-0.2, -0.15) is 4.99 Å². The Kier molecular flexibility index (Phi) is 6.66. The molecule has 5 rings (SSSR count). The molecule has 0 spiro atoms. The second kappa shape index (κ2) is 10.0. The van der Waals surface area contributed by atoms with Crippen molar-refractivity contribution in [2.75, 3.05) is 0 Å². The molecule has 9 heteroatoms. The molecule has 0 saturated carbocycles. The highest BCUT2D eigenvalue weighted by molar-refractivity contribution is 8.13. The first-order chi connectivity index (χ1) is 17.0. The van der Waals surface area contributed by atoms with Crippen molar-refractivity contribution in [2.45, 2.75) is 24.8 Å². The number of hydrogen-bond acceptors (Lipinski definition) is 5. The number of benzene rings is 3. The standard InChI is InChI=1S/C26H20ClFN4O2S/c27-18-9-5-17(6-10-18)15-35-26-30-21-4-2-1-3-20(21)24-31-25(34)22(32(24)26)13-23(33)29-14-16-7-11-19(28)12-8-16/h1-12,22H,13-15H2,(H,29,33). The Morgan fingerprint density at radius 1 is 1.00 bits per heavy atom. The minimum atomic E-state index is -0.789. The van der Waals surface area contributed by atoms with E-state index in [0.29, 0.717) is 21.8 Å². The average Bonchev–Trinajstić information content (AvgIpc) is 3.19. The molecule has 2 amide bonds. The first-order valence-corrected chi connectivity index (χ1v) is 12.3. The monoisotopic (exact) mass is 506 g/mol. The summed E-state index contributed by atoms with van der Waals surface area (Å²) in [5.41, 5.74) is 3.31. The number of hydrogen-bond donors (Lipinski definition) is 1. The smallest absolute Gasteiger partial charge is 0.271 e. The van der Waals surface area contributed by atoms with Gasteiger partial charge < -0.3 is 5.32 Å². The fraction of sp³-hybridized carbons (Fsp3) is 0.154. The minimum Gasteiger partial charge on any atom is -0.352 e. The normalized spacial score (nSPS) is 16.3. The molecule has 2 heterocycles. The zero-order chi connectivity index (χ0) is 24.4. The van der Waals surface area contributed by atoms with Crippen LogP contribution in [-0.2, 0) is 21.9 Å². The molecule has 1 N–H and O–H groups in total. The number of thioether (sulfide) groups is 1. The summed E-state index contributed by atoms with van der Waals surface area (Å²) in [5.74, 6) is 0.100. The van der Waals surface area contributed by atoms with E-state index in [1.807, 2.05) is 48.5 Å². The highest BCUT2D eigenvalue weighted by Crippen LogP contribution is 2.35. The first-order valence-electron chi connectivity index (χ1n) is 11.0. The summed E-state index contributed by atoms with van der Waals surface area (Å²) in [6.07, 6.45) is -0.0737. The van der Waals surface area contributed by atoms with E-state index in [1.54, 1.807) is 17.0 Å². The molecule has 0 aliphatic carbocycles. The van der Waals surface area contributed by atoms with Crippen LogP contribution in [0.25, 0.3) is 0 Å². The lowest BCUT2D eigenvalue weighted by molar-refractivity contribution is -0.126. The van der Waals surface area contributed by atoms with Crippen LogP contribution >= 0.6 is 23.4 Å². The number of carbonyl (C=O) groups is 2. The summed E-state index contributed by atoms with van der Waals surface area (Å²) in [4.78, 5) is 36.5. The van der Waals surface area contributed by atoms with Crippen molar-refractivity contribution in [1.29, 1.82) is 0 Å². The van der Waals surface area contributed by atoms with Crippen molar-refractivity contribution < 1.29 is 14.0 Å². The number of carbonyl (C=O) groups excluding carboxylic acids is 2. The van der Waals surface area contributed by atoms with Crippen molar-refractivity contribution in [3.05, 3.63) is 100 Å². The quantitative estimate of drug-likeness (QED) is 0.506. The molecule has 35 heavy (non-hydrogen) atoms. The number of rotatable bonds is 6. The van der Waals surface area contributed by atoms with E-state index in [4.69, 9.17) is 16.6 Å². The van der Waals surface area contributed by atoms with Crippen LogP contribution in [0.3, 0.4) is 0 Å². The van der Waals surface area contributed by atoms with Gasteiger partial charge in [-0.25, -0.2) is 9.38 Å². The SMILES string of the molecule is O=C(CC1C(=O)N=C2c3ccccc3N=C(SCc3ccc(Cl)cc3)N21)NCc1ccc(F)cc1. The molecule has 1 unspecified atom stereocenters. The zero-order valence-corrected chi connectivity index (χ0v) is 20.0. The lowest BCUT2D eigenvalue weighted by Crippen LogP contribution is -2.45. The Morgan fingerprint density at radius 3 is 2.49 bits per heavy atom. The Balaban J connectivity index is 1.34. The van der Waals surface area contributed by atoms with Gasteiger partial charge in [0.1, 0.15) is 17.7 Å². The second-order valence-corrected chi connectivity index (χ2v) is 9.47. The van der Waals surface area contributed by atoms with Crippen LogP contribution in [0.2, 0.25) is 5.02 Å². The molecule has 0 fully saturated rings. The Morgan fingerprint density at radius 2 is 1.71 bits per heavy atom. The fourth-order valence-electron chi connectivity index (χ4n) is 3.88. The lowest BCUT2D eigenvalue weighted by atomic mass is 10.1. The summed E-state index contributed by atoms with van der Waals surface area (Å²) in [5, 5.41) is 4.08. The number of nitrogens with one attached hydrogen (secondary N) is 1. The van der Waals surface area contributed by atoms with E-state index in [9.17, 15) is 14.0 Å². The number of amidine groups is 2. The van der Waals surface area contributed by atoms with Crippen molar-refractivity contribution in [3.8, 4) is 0 Å². The summed E-state index contributed by atoms with van der Waals surface area (Å²) in [6.45, 7) is 0.239. The van der Waals surface area contributed by atoms with E-state index in [-0.39, 0.29) is 30.6 Å². The van der Waals surface area contributed by atoms with Crippen LogP contribution < -0.4 is 5.32 Å². The van der Waals surface area contributed by atoms with Crippen LogP contribution in [-0.4, -0.2) is 33.8 Å². The third-order valence-electron chi connectivity index (χ3n) is 5.67. The Labute approximate surface area is 210 Å². The third kappa shape index (κ3) is 5.13. The van der Waals surface area contributed by atoms with Gasteiger partial charge in [0.25, 0.3) is 5.91 Å². The molecule has 1 atom stereocenters. The Hall–Kier alpha value is -3.49. The maximum atomic E-state index is 13.1. The second-order valence-electron chi connectivity index (χ2n) is 8.09. The molecule has 2 aliphatic rings.